The van der Waals surface area contributed by atoms with Crippen molar-refractivity contribution in [2.24, 2.45) is 0 Å². The lowest BCUT2D eigenvalue weighted by Gasteiger charge is -2.26. The Hall–Kier alpha value is -2.16. The monoisotopic (exact) mass is 440 g/mol. The van der Waals surface area contributed by atoms with Crippen molar-refractivity contribution >= 4 is 33.2 Å². The summed E-state index contributed by atoms with van der Waals surface area (Å²) in [6.45, 7) is 2.39. The highest BCUT2D eigenvalue weighted by molar-refractivity contribution is 7.89. The van der Waals surface area contributed by atoms with Crippen LogP contribution in [-0.4, -0.2) is 38.3 Å². The van der Waals surface area contributed by atoms with Gasteiger partial charge in [0.2, 0.25) is 10.0 Å². The Morgan fingerprint density at radius 3 is 2.59 bits per heavy atom. The second kappa shape index (κ2) is 9.11. The lowest BCUT2D eigenvalue weighted by Crippen LogP contribution is -2.35. The van der Waals surface area contributed by atoms with Crippen LogP contribution in [0.5, 0.6) is 5.75 Å². The van der Waals surface area contributed by atoms with Crippen molar-refractivity contribution in [2.45, 2.75) is 31.1 Å². The molecule has 0 aromatic heterocycles. The number of hydrogen-bond acceptors (Lipinski definition) is 4. The normalized spacial score (nSPS) is 15.1. The molecule has 0 saturated carbocycles. The van der Waals surface area contributed by atoms with Crippen molar-refractivity contribution in [2.75, 3.05) is 25.0 Å². The van der Waals surface area contributed by atoms with Gasteiger partial charge in [0, 0.05) is 18.8 Å². The molecule has 0 aliphatic carbocycles. The number of rotatable bonds is 6. The summed E-state index contributed by atoms with van der Waals surface area (Å²) in [4.78, 5) is 12.2. The molecule has 0 spiro atoms. The van der Waals surface area contributed by atoms with Crippen molar-refractivity contribution in [1.29, 1.82) is 0 Å². The highest BCUT2D eigenvalue weighted by Gasteiger charge is 2.26. The van der Waals surface area contributed by atoms with Crippen molar-refractivity contribution in [1.82, 2.24) is 4.31 Å². The van der Waals surface area contributed by atoms with Crippen LogP contribution in [0.15, 0.2) is 41.3 Å². The zero-order chi connectivity index (χ0) is 21.0. The van der Waals surface area contributed by atoms with E-state index in [-0.39, 0.29) is 22.3 Å². The minimum absolute atomic E-state index is 0.0941. The van der Waals surface area contributed by atoms with E-state index in [0.29, 0.717) is 24.3 Å². The Bertz CT molecular complexity index is 1010. The van der Waals surface area contributed by atoms with Crippen LogP contribution in [0.1, 0.15) is 24.8 Å². The van der Waals surface area contributed by atoms with Crippen LogP contribution >= 0.6 is 11.6 Å². The SMILES string of the molecule is Cc1ccc(F)cc1NC(=O)COc1ccc(S(=O)(=O)N2CCCCC2)cc1Cl. The molecule has 156 valence electrons. The van der Waals surface area contributed by atoms with Crippen LogP contribution in [0.4, 0.5) is 10.1 Å². The van der Waals surface area contributed by atoms with Gasteiger partial charge in [-0.1, -0.05) is 24.1 Å². The van der Waals surface area contributed by atoms with E-state index in [1.807, 2.05) is 0 Å². The summed E-state index contributed by atoms with van der Waals surface area (Å²) in [7, 11) is -3.60. The second-order valence-corrected chi connectivity index (χ2v) is 9.20. The van der Waals surface area contributed by atoms with Crippen molar-refractivity contribution in [3.63, 3.8) is 0 Å². The maximum atomic E-state index is 13.3. The first-order valence-electron chi connectivity index (χ1n) is 9.26. The molecule has 1 aliphatic heterocycles. The van der Waals surface area contributed by atoms with Crippen LogP contribution in [0.25, 0.3) is 0 Å². The molecule has 0 bridgehead atoms. The zero-order valence-corrected chi connectivity index (χ0v) is 17.5. The molecule has 1 N–H and O–H groups in total. The number of ether oxygens (including phenoxy) is 1. The van der Waals surface area contributed by atoms with Gasteiger partial charge < -0.3 is 10.1 Å². The molecule has 0 unspecified atom stereocenters. The van der Waals surface area contributed by atoms with E-state index in [0.717, 1.165) is 19.3 Å². The Kier molecular flexibility index (Phi) is 6.77. The van der Waals surface area contributed by atoms with Gasteiger partial charge in [-0.05, 0) is 55.7 Å². The van der Waals surface area contributed by atoms with E-state index in [4.69, 9.17) is 16.3 Å². The van der Waals surface area contributed by atoms with Crippen molar-refractivity contribution in [3.8, 4) is 5.75 Å². The van der Waals surface area contributed by atoms with Gasteiger partial charge in [-0.15, -0.1) is 0 Å². The summed E-state index contributed by atoms with van der Waals surface area (Å²) in [5.41, 5.74) is 1.07. The Balaban J connectivity index is 1.64. The molecule has 2 aromatic rings. The number of benzene rings is 2. The number of hydrogen-bond donors (Lipinski definition) is 1. The summed E-state index contributed by atoms with van der Waals surface area (Å²) in [5, 5.41) is 2.67. The van der Waals surface area contributed by atoms with Gasteiger partial charge >= 0.3 is 0 Å². The molecule has 3 rings (SSSR count). The number of sulfonamides is 1. The van der Waals surface area contributed by atoms with E-state index in [1.165, 1.54) is 34.6 Å². The number of nitrogens with zero attached hydrogens (tertiary/aromatic N) is 1. The van der Waals surface area contributed by atoms with Crippen LogP contribution in [-0.2, 0) is 14.8 Å². The van der Waals surface area contributed by atoms with E-state index < -0.39 is 21.7 Å². The first kappa shape index (κ1) is 21.5. The minimum atomic E-state index is -3.60. The lowest BCUT2D eigenvalue weighted by atomic mass is 10.2. The molecule has 0 radical (unpaired) electrons. The Morgan fingerprint density at radius 2 is 1.90 bits per heavy atom. The summed E-state index contributed by atoms with van der Waals surface area (Å²) < 4.78 is 45.6. The van der Waals surface area contributed by atoms with E-state index in [1.54, 1.807) is 13.0 Å². The van der Waals surface area contributed by atoms with Gasteiger partial charge in [-0.3, -0.25) is 4.79 Å². The average Bonchev–Trinajstić information content (AvgIpc) is 2.70. The quantitative estimate of drug-likeness (QED) is 0.737. The van der Waals surface area contributed by atoms with Gasteiger partial charge in [0.25, 0.3) is 5.91 Å². The molecular formula is C20H22ClFN2O4S. The number of anilines is 1. The number of carbonyl (C=O) groups is 1. The molecule has 1 heterocycles. The Morgan fingerprint density at radius 1 is 1.17 bits per heavy atom. The van der Waals surface area contributed by atoms with Gasteiger partial charge in [0.1, 0.15) is 11.6 Å². The third-order valence-electron chi connectivity index (χ3n) is 4.69. The number of carbonyl (C=O) groups excluding carboxylic acids is 1. The van der Waals surface area contributed by atoms with Crippen LogP contribution in [0, 0.1) is 12.7 Å². The van der Waals surface area contributed by atoms with Crippen LogP contribution in [0.3, 0.4) is 0 Å². The van der Waals surface area contributed by atoms with Crippen LogP contribution in [0.2, 0.25) is 5.02 Å². The molecular weight excluding hydrogens is 419 g/mol. The number of aryl methyl sites for hydroxylation is 1. The predicted molar refractivity (Wildman–Crippen MR) is 109 cm³/mol. The number of amides is 1. The fraction of sp³-hybridized carbons (Fsp3) is 0.350. The maximum absolute atomic E-state index is 13.3. The molecule has 1 fully saturated rings. The highest BCUT2D eigenvalue weighted by atomic mass is 35.5. The molecule has 9 heteroatoms. The number of halogens is 2. The topological polar surface area (TPSA) is 75.7 Å². The predicted octanol–water partition coefficient (Wildman–Crippen LogP) is 3.98. The molecule has 1 amide bonds. The minimum Gasteiger partial charge on any atom is -0.482 e. The average molecular weight is 441 g/mol. The third-order valence-corrected chi connectivity index (χ3v) is 6.88. The van der Waals surface area contributed by atoms with Gasteiger partial charge in [-0.25, -0.2) is 12.8 Å². The van der Waals surface area contributed by atoms with E-state index >= 15 is 0 Å². The molecule has 6 nitrogen and oxygen atoms in total. The van der Waals surface area contributed by atoms with Gasteiger partial charge in [0.15, 0.2) is 6.61 Å². The molecule has 2 aromatic carbocycles. The fourth-order valence-electron chi connectivity index (χ4n) is 3.07. The van der Waals surface area contributed by atoms with E-state index in [2.05, 4.69) is 5.32 Å². The Labute approximate surface area is 174 Å². The summed E-state index contributed by atoms with van der Waals surface area (Å²) in [6.07, 6.45) is 2.71. The van der Waals surface area contributed by atoms with Crippen molar-refractivity contribution < 1.29 is 22.3 Å². The largest absolute Gasteiger partial charge is 0.482 e. The van der Waals surface area contributed by atoms with Gasteiger partial charge in [0.05, 0.1) is 9.92 Å². The summed E-state index contributed by atoms with van der Waals surface area (Å²) in [6, 6.07) is 8.26. The molecule has 29 heavy (non-hydrogen) atoms. The van der Waals surface area contributed by atoms with Crippen LogP contribution < -0.4 is 10.1 Å². The van der Waals surface area contributed by atoms with Gasteiger partial charge in [-0.2, -0.15) is 4.31 Å². The summed E-state index contributed by atoms with van der Waals surface area (Å²) in [5.74, 6) is -0.754. The van der Waals surface area contributed by atoms with E-state index in [9.17, 15) is 17.6 Å². The maximum Gasteiger partial charge on any atom is 0.262 e. The first-order chi connectivity index (χ1) is 13.8. The molecule has 1 aliphatic rings. The standard InChI is InChI=1S/C20H22ClFN2O4S/c1-14-5-6-15(22)11-18(14)23-20(25)13-28-19-8-7-16(12-17(19)21)29(26,27)24-9-3-2-4-10-24/h5-8,11-12H,2-4,9-10,13H2,1H3,(H,23,25). The van der Waals surface area contributed by atoms with Crippen molar-refractivity contribution in [3.05, 3.63) is 52.8 Å². The fourth-order valence-corrected chi connectivity index (χ4v) is 4.92. The molecule has 0 atom stereocenters. The highest BCUT2D eigenvalue weighted by Crippen LogP contribution is 2.29. The number of piperidine rings is 1. The lowest BCUT2D eigenvalue weighted by molar-refractivity contribution is -0.118. The summed E-state index contributed by atoms with van der Waals surface area (Å²) >= 11 is 6.17. The third kappa shape index (κ3) is 5.26. The molecule has 1 saturated heterocycles. The second-order valence-electron chi connectivity index (χ2n) is 6.85. The smallest absolute Gasteiger partial charge is 0.262 e. The first-order valence-corrected chi connectivity index (χ1v) is 11.1. The number of nitrogens with one attached hydrogen (secondary N) is 1. The zero-order valence-electron chi connectivity index (χ0n) is 16.0.